The highest BCUT2D eigenvalue weighted by atomic mass is 16.2. The van der Waals surface area contributed by atoms with Crippen molar-refractivity contribution >= 4 is 23.2 Å². The largest absolute Gasteiger partial charge is 0.326 e. The van der Waals surface area contributed by atoms with Gasteiger partial charge >= 0.3 is 0 Å². The van der Waals surface area contributed by atoms with Crippen LogP contribution in [0.25, 0.3) is 0 Å². The Bertz CT molecular complexity index is 576. The molecule has 1 aliphatic heterocycles. The van der Waals surface area contributed by atoms with Gasteiger partial charge in [-0.1, -0.05) is 32.1 Å². The highest BCUT2D eigenvalue weighted by Crippen LogP contribution is 2.30. The fourth-order valence-corrected chi connectivity index (χ4v) is 3.58. The van der Waals surface area contributed by atoms with Crippen LogP contribution in [0.4, 0.5) is 11.4 Å². The number of fused-ring (bicyclic) bond motifs is 1. The first-order valence-corrected chi connectivity index (χ1v) is 8.33. The molecule has 1 aromatic rings. The summed E-state index contributed by atoms with van der Waals surface area (Å²) >= 11 is 0. The Morgan fingerprint density at radius 2 is 2.05 bits per heavy atom. The Kier molecular flexibility index (Phi) is 4.46. The Hall–Kier alpha value is -1.84. The summed E-state index contributed by atoms with van der Waals surface area (Å²) in [6.07, 6.45) is 8.57. The lowest BCUT2D eigenvalue weighted by Gasteiger charge is -2.21. The topological polar surface area (TPSA) is 49.4 Å². The summed E-state index contributed by atoms with van der Waals surface area (Å²) < 4.78 is 0. The summed E-state index contributed by atoms with van der Waals surface area (Å²) in [6.45, 7) is 0. The lowest BCUT2D eigenvalue weighted by molar-refractivity contribution is -0.117. The van der Waals surface area contributed by atoms with Gasteiger partial charge in [0.05, 0.1) is 6.42 Å². The van der Waals surface area contributed by atoms with Crippen LogP contribution in [-0.4, -0.2) is 18.9 Å². The number of carbonyl (C=O) groups excluding carboxylic acids is 2. The minimum atomic E-state index is 0.0863. The molecule has 118 valence electrons. The second kappa shape index (κ2) is 6.51. The molecule has 1 N–H and O–H groups in total. The Labute approximate surface area is 131 Å². The molecule has 0 unspecified atom stereocenters. The van der Waals surface area contributed by atoms with Gasteiger partial charge in [-0.15, -0.1) is 0 Å². The molecule has 0 radical (unpaired) electrons. The molecule has 0 atom stereocenters. The SMILES string of the molecule is CN1C(=O)Cc2cc(NC(=O)CCC3CCCCC3)ccc21. The number of anilines is 2. The Morgan fingerprint density at radius 3 is 2.82 bits per heavy atom. The number of nitrogens with zero attached hydrogens (tertiary/aromatic N) is 1. The first kappa shape index (κ1) is 15.1. The van der Waals surface area contributed by atoms with Crippen LogP contribution in [0.15, 0.2) is 18.2 Å². The third-order valence-corrected chi connectivity index (χ3v) is 4.94. The van der Waals surface area contributed by atoms with Gasteiger partial charge in [-0.3, -0.25) is 9.59 Å². The Balaban J connectivity index is 1.54. The van der Waals surface area contributed by atoms with Gasteiger partial charge in [-0.25, -0.2) is 0 Å². The van der Waals surface area contributed by atoms with Gasteiger partial charge in [0, 0.05) is 24.8 Å². The molecule has 4 nitrogen and oxygen atoms in total. The number of benzene rings is 1. The second-order valence-corrected chi connectivity index (χ2v) is 6.56. The van der Waals surface area contributed by atoms with Crippen LogP contribution >= 0.6 is 0 Å². The predicted molar refractivity (Wildman–Crippen MR) is 88.0 cm³/mol. The predicted octanol–water partition coefficient (Wildman–Crippen LogP) is 3.50. The quantitative estimate of drug-likeness (QED) is 0.925. The Morgan fingerprint density at radius 1 is 1.27 bits per heavy atom. The maximum absolute atomic E-state index is 12.1. The highest BCUT2D eigenvalue weighted by molar-refractivity contribution is 6.02. The van der Waals surface area contributed by atoms with Crippen molar-refractivity contribution in [3.63, 3.8) is 0 Å². The van der Waals surface area contributed by atoms with Crippen molar-refractivity contribution in [1.82, 2.24) is 0 Å². The van der Waals surface area contributed by atoms with Crippen molar-refractivity contribution in [2.75, 3.05) is 17.3 Å². The van der Waals surface area contributed by atoms with Gasteiger partial charge in [0.25, 0.3) is 0 Å². The molecule has 1 aliphatic carbocycles. The van der Waals surface area contributed by atoms with E-state index in [9.17, 15) is 9.59 Å². The molecule has 2 amide bonds. The summed E-state index contributed by atoms with van der Waals surface area (Å²) in [5.74, 6) is 0.921. The summed E-state index contributed by atoms with van der Waals surface area (Å²) in [6, 6.07) is 5.72. The van der Waals surface area contributed by atoms with E-state index < -0.39 is 0 Å². The lowest BCUT2D eigenvalue weighted by atomic mass is 9.86. The monoisotopic (exact) mass is 300 g/mol. The van der Waals surface area contributed by atoms with Crippen molar-refractivity contribution in [1.29, 1.82) is 0 Å². The van der Waals surface area contributed by atoms with Crippen molar-refractivity contribution in [2.24, 2.45) is 5.92 Å². The van der Waals surface area contributed by atoms with Crippen LogP contribution in [0.3, 0.4) is 0 Å². The van der Waals surface area contributed by atoms with Gasteiger partial charge in [0.15, 0.2) is 0 Å². The molecule has 3 rings (SSSR count). The summed E-state index contributed by atoms with van der Waals surface area (Å²) in [5, 5.41) is 2.97. The minimum Gasteiger partial charge on any atom is -0.326 e. The molecule has 0 aromatic heterocycles. The third-order valence-electron chi connectivity index (χ3n) is 4.94. The molecule has 0 saturated heterocycles. The van der Waals surface area contributed by atoms with E-state index in [1.807, 2.05) is 18.2 Å². The van der Waals surface area contributed by atoms with Gasteiger partial charge in [0.2, 0.25) is 11.8 Å². The van der Waals surface area contributed by atoms with Crippen LogP contribution < -0.4 is 10.2 Å². The average molecular weight is 300 g/mol. The van der Waals surface area contributed by atoms with Gasteiger partial charge in [-0.2, -0.15) is 0 Å². The molecule has 0 bridgehead atoms. The van der Waals surface area contributed by atoms with Crippen LogP contribution in [0.1, 0.15) is 50.5 Å². The van der Waals surface area contributed by atoms with Crippen LogP contribution in [0.2, 0.25) is 0 Å². The second-order valence-electron chi connectivity index (χ2n) is 6.56. The van der Waals surface area contributed by atoms with Crippen LogP contribution in [0.5, 0.6) is 0 Å². The van der Waals surface area contributed by atoms with E-state index in [1.54, 1.807) is 11.9 Å². The molecule has 1 fully saturated rings. The number of likely N-dealkylation sites (N-methyl/N-ethyl adjacent to an activating group) is 1. The number of carbonyl (C=O) groups is 2. The molecule has 1 aromatic carbocycles. The number of rotatable bonds is 4. The number of amides is 2. The fraction of sp³-hybridized carbons (Fsp3) is 0.556. The maximum atomic E-state index is 12.1. The van der Waals surface area contributed by atoms with Crippen molar-refractivity contribution in [3.05, 3.63) is 23.8 Å². The molecule has 2 aliphatic rings. The standard InChI is InChI=1S/C18H24N2O2/c1-20-16-9-8-15(11-14(16)12-18(20)22)19-17(21)10-7-13-5-3-2-4-6-13/h8-9,11,13H,2-7,10,12H2,1H3,(H,19,21). The van der Waals surface area contributed by atoms with E-state index in [0.717, 1.165) is 29.3 Å². The van der Waals surface area contributed by atoms with E-state index in [4.69, 9.17) is 0 Å². The molecule has 22 heavy (non-hydrogen) atoms. The van der Waals surface area contributed by atoms with E-state index in [-0.39, 0.29) is 11.8 Å². The van der Waals surface area contributed by atoms with Crippen LogP contribution in [0, 0.1) is 5.92 Å². The van der Waals surface area contributed by atoms with Crippen molar-refractivity contribution in [3.8, 4) is 0 Å². The van der Waals surface area contributed by atoms with E-state index >= 15 is 0 Å². The summed E-state index contributed by atoms with van der Waals surface area (Å²) in [4.78, 5) is 25.4. The van der Waals surface area contributed by atoms with E-state index in [1.165, 1.54) is 32.1 Å². The zero-order valence-corrected chi connectivity index (χ0v) is 13.2. The maximum Gasteiger partial charge on any atom is 0.231 e. The first-order valence-electron chi connectivity index (χ1n) is 8.33. The molecule has 1 saturated carbocycles. The zero-order valence-electron chi connectivity index (χ0n) is 13.2. The smallest absolute Gasteiger partial charge is 0.231 e. The zero-order chi connectivity index (χ0) is 15.5. The fourth-order valence-electron chi connectivity index (χ4n) is 3.58. The lowest BCUT2D eigenvalue weighted by Crippen LogP contribution is -2.20. The molecule has 1 heterocycles. The number of nitrogens with one attached hydrogen (secondary N) is 1. The molecule has 0 spiro atoms. The van der Waals surface area contributed by atoms with Gasteiger partial charge in [0.1, 0.15) is 0 Å². The molecular formula is C18H24N2O2. The molecule has 4 heteroatoms. The van der Waals surface area contributed by atoms with Crippen molar-refractivity contribution < 1.29 is 9.59 Å². The van der Waals surface area contributed by atoms with Gasteiger partial charge in [-0.05, 0) is 36.1 Å². The van der Waals surface area contributed by atoms with Gasteiger partial charge < -0.3 is 10.2 Å². The molecular weight excluding hydrogens is 276 g/mol. The van der Waals surface area contributed by atoms with E-state index in [2.05, 4.69) is 5.32 Å². The highest BCUT2D eigenvalue weighted by Gasteiger charge is 2.24. The number of hydrogen-bond acceptors (Lipinski definition) is 2. The average Bonchev–Trinajstić information content (AvgIpc) is 2.81. The minimum absolute atomic E-state index is 0.0863. The summed E-state index contributed by atoms with van der Waals surface area (Å²) in [7, 11) is 1.79. The first-order chi connectivity index (χ1) is 10.6. The normalized spacial score (nSPS) is 18.4. The van der Waals surface area contributed by atoms with Crippen molar-refractivity contribution in [2.45, 2.75) is 51.4 Å². The van der Waals surface area contributed by atoms with Crippen LogP contribution in [-0.2, 0) is 16.0 Å². The van der Waals surface area contributed by atoms with E-state index in [0.29, 0.717) is 12.8 Å². The summed E-state index contributed by atoms with van der Waals surface area (Å²) in [5.41, 5.74) is 2.75. The number of hydrogen-bond donors (Lipinski definition) is 1. The third kappa shape index (κ3) is 3.32.